The molecule has 1 aliphatic heterocycles. The van der Waals surface area contributed by atoms with Crippen LogP contribution in [0.4, 0.5) is 11.4 Å². The van der Waals surface area contributed by atoms with E-state index in [9.17, 15) is 14.4 Å². The second-order valence-corrected chi connectivity index (χ2v) is 8.22. The second-order valence-electron chi connectivity index (χ2n) is 6.90. The van der Waals surface area contributed by atoms with Gasteiger partial charge in [0.15, 0.2) is 23.4 Å². The van der Waals surface area contributed by atoms with Gasteiger partial charge in [0.1, 0.15) is 5.75 Å². The summed E-state index contributed by atoms with van der Waals surface area (Å²) in [4.78, 5) is 36.9. The zero-order valence-electron chi connectivity index (χ0n) is 17.7. The van der Waals surface area contributed by atoms with E-state index in [0.29, 0.717) is 34.2 Å². The Morgan fingerprint density at radius 2 is 1.90 bits per heavy atom. The summed E-state index contributed by atoms with van der Waals surface area (Å²) in [6.07, 6.45) is -0.576. The molecule has 0 radical (unpaired) electrons. The number of Topliss-reactive ketones (excluding diaryl/α,β-unsaturated/α-hetero) is 1. The summed E-state index contributed by atoms with van der Waals surface area (Å²) in [6, 6.07) is 10.0. The van der Waals surface area contributed by atoms with Gasteiger partial charge in [0, 0.05) is 17.3 Å². The highest BCUT2D eigenvalue weighted by Gasteiger charge is 2.25. The van der Waals surface area contributed by atoms with Crippen molar-refractivity contribution in [2.24, 2.45) is 0 Å². The fourth-order valence-electron chi connectivity index (χ4n) is 2.98. The maximum atomic E-state index is 12.8. The standard InChI is InChI=1S/C22H24N2O6S/c1-12-22(27)24-16-9-14(5-7-17(16)30-12)21(26)13(2)31-11-20(25)23-15-6-8-18(28-3)19(10-15)29-4/h5-10,12-13H,11H2,1-4H3,(H,23,25)(H,24,27). The van der Waals surface area contributed by atoms with Crippen LogP contribution in [0.5, 0.6) is 17.2 Å². The molecule has 0 bridgehead atoms. The van der Waals surface area contributed by atoms with Gasteiger partial charge in [-0.1, -0.05) is 0 Å². The molecule has 9 heteroatoms. The van der Waals surface area contributed by atoms with Crippen molar-refractivity contribution in [2.45, 2.75) is 25.2 Å². The summed E-state index contributed by atoms with van der Waals surface area (Å²) in [6.45, 7) is 3.40. The van der Waals surface area contributed by atoms with Gasteiger partial charge in [-0.2, -0.15) is 0 Å². The number of amides is 2. The van der Waals surface area contributed by atoms with E-state index in [1.807, 2.05) is 0 Å². The summed E-state index contributed by atoms with van der Waals surface area (Å²) >= 11 is 1.23. The number of benzene rings is 2. The molecular formula is C22H24N2O6S. The maximum Gasteiger partial charge on any atom is 0.265 e. The Labute approximate surface area is 184 Å². The Morgan fingerprint density at radius 1 is 1.16 bits per heavy atom. The number of ether oxygens (including phenoxy) is 3. The molecule has 2 N–H and O–H groups in total. The van der Waals surface area contributed by atoms with E-state index in [2.05, 4.69) is 10.6 Å². The first kappa shape index (κ1) is 22.5. The second kappa shape index (κ2) is 9.74. The quantitative estimate of drug-likeness (QED) is 0.602. The molecule has 164 valence electrons. The number of fused-ring (bicyclic) bond motifs is 1. The summed E-state index contributed by atoms with van der Waals surface area (Å²) in [5.74, 6) is 1.06. The van der Waals surface area contributed by atoms with Crippen molar-refractivity contribution in [3.63, 3.8) is 0 Å². The van der Waals surface area contributed by atoms with Gasteiger partial charge >= 0.3 is 0 Å². The van der Waals surface area contributed by atoms with Gasteiger partial charge in [-0.3, -0.25) is 14.4 Å². The van der Waals surface area contributed by atoms with Gasteiger partial charge < -0.3 is 24.8 Å². The van der Waals surface area contributed by atoms with Gasteiger partial charge in [0.05, 0.1) is 30.9 Å². The van der Waals surface area contributed by atoms with Crippen molar-refractivity contribution in [1.82, 2.24) is 0 Å². The van der Waals surface area contributed by atoms with Crippen molar-refractivity contribution in [3.05, 3.63) is 42.0 Å². The predicted octanol–water partition coefficient (Wildman–Crippen LogP) is 3.37. The normalized spacial score (nSPS) is 15.7. The number of carbonyl (C=O) groups excluding carboxylic acids is 3. The third kappa shape index (κ3) is 5.29. The smallest absolute Gasteiger partial charge is 0.265 e. The molecule has 2 aromatic carbocycles. The van der Waals surface area contributed by atoms with E-state index < -0.39 is 11.4 Å². The summed E-state index contributed by atoms with van der Waals surface area (Å²) in [7, 11) is 3.06. The first-order valence-electron chi connectivity index (χ1n) is 9.61. The van der Waals surface area contributed by atoms with E-state index in [0.717, 1.165) is 0 Å². The van der Waals surface area contributed by atoms with Crippen molar-refractivity contribution in [1.29, 1.82) is 0 Å². The number of anilines is 2. The molecule has 2 unspecified atom stereocenters. The molecular weight excluding hydrogens is 420 g/mol. The molecule has 3 rings (SSSR count). The van der Waals surface area contributed by atoms with Crippen molar-refractivity contribution >= 4 is 40.7 Å². The van der Waals surface area contributed by atoms with Crippen LogP contribution in [0.2, 0.25) is 0 Å². The van der Waals surface area contributed by atoms with E-state index in [1.54, 1.807) is 50.2 Å². The van der Waals surface area contributed by atoms with Gasteiger partial charge in [-0.15, -0.1) is 11.8 Å². The van der Waals surface area contributed by atoms with E-state index in [-0.39, 0.29) is 23.4 Å². The molecule has 0 fully saturated rings. The average Bonchev–Trinajstić information content (AvgIpc) is 2.77. The Balaban J connectivity index is 1.57. The lowest BCUT2D eigenvalue weighted by Crippen LogP contribution is -2.34. The highest BCUT2D eigenvalue weighted by molar-refractivity contribution is 8.01. The van der Waals surface area contributed by atoms with Crippen molar-refractivity contribution < 1.29 is 28.6 Å². The van der Waals surface area contributed by atoms with Crippen LogP contribution in [0.25, 0.3) is 0 Å². The number of carbonyl (C=O) groups is 3. The topological polar surface area (TPSA) is 103 Å². The molecule has 8 nitrogen and oxygen atoms in total. The maximum absolute atomic E-state index is 12.8. The molecule has 0 aromatic heterocycles. The van der Waals surface area contributed by atoms with Crippen LogP contribution in [-0.2, 0) is 9.59 Å². The van der Waals surface area contributed by atoms with Crippen LogP contribution in [0, 0.1) is 0 Å². The predicted molar refractivity (Wildman–Crippen MR) is 120 cm³/mol. The molecule has 1 heterocycles. The molecule has 2 atom stereocenters. The molecule has 0 aliphatic carbocycles. The van der Waals surface area contributed by atoms with Gasteiger partial charge in [0.25, 0.3) is 5.91 Å². The van der Waals surface area contributed by atoms with E-state index in [1.165, 1.54) is 26.0 Å². The molecule has 0 saturated carbocycles. The Kier molecular flexibility index (Phi) is 7.06. The zero-order chi connectivity index (χ0) is 22.5. The van der Waals surface area contributed by atoms with Crippen LogP contribution < -0.4 is 24.8 Å². The Bertz CT molecular complexity index is 1010. The van der Waals surface area contributed by atoms with Gasteiger partial charge in [0.2, 0.25) is 5.91 Å². The summed E-state index contributed by atoms with van der Waals surface area (Å²) in [5, 5.41) is 5.06. The van der Waals surface area contributed by atoms with Gasteiger partial charge in [-0.25, -0.2) is 0 Å². The SMILES string of the molecule is COc1ccc(NC(=O)CSC(C)C(=O)c2ccc3c(c2)NC(=O)C(C)O3)cc1OC. The number of ketones is 1. The Morgan fingerprint density at radius 3 is 2.61 bits per heavy atom. The minimum absolute atomic E-state index is 0.101. The fourth-order valence-corrected chi connectivity index (χ4v) is 3.75. The summed E-state index contributed by atoms with van der Waals surface area (Å²) in [5.41, 5.74) is 1.48. The van der Waals surface area contributed by atoms with Crippen molar-refractivity contribution in [2.75, 3.05) is 30.6 Å². The molecule has 2 amide bonds. The monoisotopic (exact) mass is 444 g/mol. The lowest BCUT2D eigenvalue weighted by Gasteiger charge is -2.23. The van der Waals surface area contributed by atoms with Crippen LogP contribution in [0.1, 0.15) is 24.2 Å². The number of rotatable bonds is 8. The van der Waals surface area contributed by atoms with Crippen molar-refractivity contribution in [3.8, 4) is 17.2 Å². The highest BCUT2D eigenvalue weighted by Crippen LogP contribution is 2.32. The Hall–Kier alpha value is -3.20. The number of thioether (sulfide) groups is 1. The molecule has 0 saturated heterocycles. The van der Waals surface area contributed by atoms with Crippen LogP contribution in [0.15, 0.2) is 36.4 Å². The lowest BCUT2D eigenvalue weighted by atomic mass is 10.1. The summed E-state index contributed by atoms with van der Waals surface area (Å²) < 4.78 is 15.9. The molecule has 2 aromatic rings. The number of methoxy groups -OCH3 is 2. The number of hydrogen-bond donors (Lipinski definition) is 2. The first-order valence-corrected chi connectivity index (χ1v) is 10.7. The number of hydrogen-bond acceptors (Lipinski definition) is 7. The van der Waals surface area contributed by atoms with Gasteiger partial charge in [-0.05, 0) is 44.2 Å². The van der Waals surface area contributed by atoms with Crippen LogP contribution in [0.3, 0.4) is 0 Å². The fraction of sp³-hybridized carbons (Fsp3) is 0.318. The molecule has 0 spiro atoms. The number of nitrogens with one attached hydrogen (secondary N) is 2. The molecule has 1 aliphatic rings. The minimum atomic E-state index is -0.576. The third-order valence-electron chi connectivity index (χ3n) is 4.70. The molecule has 31 heavy (non-hydrogen) atoms. The zero-order valence-corrected chi connectivity index (χ0v) is 18.5. The van der Waals surface area contributed by atoms with E-state index in [4.69, 9.17) is 14.2 Å². The van der Waals surface area contributed by atoms with E-state index >= 15 is 0 Å². The van der Waals surface area contributed by atoms with Crippen LogP contribution in [-0.4, -0.2) is 48.9 Å². The average molecular weight is 445 g/mol. The minimum Gasteiger partial charge on any atom is -0.493 e. The third-order valence-corrected chi connectivity index (χ3v) is 5.84. The first-order chi connectivity index (χ1) is 14.8. The largest absolute Gasteiger partial charge is 0.493 e. The van der Waals surface area contributed by atoms with Crippen LogP contribution >= 0.6 is 11.8 Å². The lowest BCUT2D eigenvalue weighted by molar-refractivity contribution is -0.122. The highest BCUT2D eigenvalue weighted by atomic mass is 32.2.